The molecule has 1 rings (SSSR count). The molecule has 1 aliphatic heterocycles. The smallest absolute Gasteiger partial charge is 0.447 e. The number of amides is 4. The van der Waals surface area contributed by atoms with Gasteiger partial charge in [-0.2, -0.15) is 0 Å². The third kappa shape index (κ3) is 4.76. The second-order valence-corrected chi connectivity index (χ2v) is 3.23. The van der Waals surface area contributed by atoms with Crippen molar-refractivity contribution in [2.75, 3.05) is 32.8 Å². The van der Waals surface area contributed by atoms with E-state index in [1.807, 2.05) is 0 Å². The molecular weight excluding hydrogens is 244 g/mol. The van der Waals surface area contributed by atoms with Gasteiger partial charge in [-0.05, 0) is 6.92 Å². The van der Waals surface area contributed by atoms with Crippen molar-refractivity contribution in [3.63, 3.8) is 0 Å². The molecule has 0 aromatic carbocycles. The second kappa shape index (κ2) is 7.20. The Morgan fingerprint density at radius 3 is 2.56 bits per heavy atom. The maximum Gasteiger partial charge on any atom is 0.452 e. The van der Waals surface area contributed by atoms with Crippen molar-refractivity contribution in [2.24, 2.45) is 10.2 Å². The number of azo groups is 1. The monoisotopic (exact) mass is 258 g/mol. The molecule has 0 radical (unpaired) electrons. The highest BCUT2D eigenvalue weighted by atomic mass is 16.6. The lowest BCUT2D eigenvalue weighted by atomic mass is 10.5. The molecule has 0 aromatic heterocycles. The van der Waals surface area contributed by atoms with E-state index in [0.717, 1.165) is 0 Å². The summed E-state index contributed by atoms with van der Waals surface area (Å²) in [5.41, 5.74) is 0. The van der Waals surface area contributed by atoms with Crippen molar-refractivity contribution in [3.8, 4) is 0 Å². The van der Waals surface area contributed by atoms with E-state index in [4.69, 9.17) is 0 Å². The van der Waals surface area contributed by atoms with E-state index in [0.29, 0.717) is 13.1 Å². The molecule has 1 N–H and O–H groups in total. The first-order chi connectivity index (χ1) is 8.63. The van der Waals surface area contributed by atoms with E-state index in [-0.39, 0.29) is 25.8 Å². The fourth-order valence-electron chi connectivity index (χ4n) is 1.23. The minimum Gasteiger partial charge on any atom is -0.447 e. The van der Waals surface area contributed by atoms with Crippen molar-refractivity contribution in [1.82, 2.24) is 10.2 Å². The second-order valence-electron chi connectivity index (χ2n) is 3.23. The standard InChI is InChI=1S/C9H14N4O5/c1-2-17-8(15)11-12-9(16)18-6-5-13-4-3-10-7(13)14/h2-6H2,1H3,(H,10,14)/b12-11-. The minimum atomic E-state index is -0.998. The molecule has 1 heterocycles. The van der Waals surface area contributed by atoms with Gasteiger partial charge in [0.1, 0.15) is 6.61 Å². The van der Waals surface area contributed by atoms with E-state index >= 15 is 0 Å². The Morgan fingerprint density at radius 2 is 2.00 bits per heavy atom. The van der Waals surface area contributed by atoms with E-state index in [2.05, 4.69) is 25.0 Å². The van der Waals surface area contributed by atoms with Gasteiger partial charge in [0.25, 0.3) is 0 Å². The van der Waals surface area contributed by atoms with Gasteiger partial charge in [-0.25, -0.2) is 14.4 Å². The molecule has 100 valence electrons. The predicted octanol–water partition coefficient (Wildman–Crippen LogP) is 0.757. The van der Waals surface area contributed by atoms with Gasteiger partial charge in [0, 0.05) is 13.1 Å². The van der Waals surface area contributed by atoms with Crippen molar-refractivity contribution < 1.29 is 23.9 Å². The summed E-state index contributed by atoms with van der Waals surface area (Å²) in [5.74, 6) is 0. The van der Waals surface area contributed by atoms with Crippen LogP contribution in [0.1, 0.15) is 6.92 Å². The Bertz CT molecular complexity index is 357. The summed E-state index contributed by atoms with van der Waals surface area (Å²) in [5, 5.41) is 8.58. The van der Waals surface area contributed by atoms with Crippen LogP contribution < -0.4 is 5.32 Å². The Balaban J connectivity index is 2.17. The van der Waals surface area contributed by atoms with Gasteiger partial charge in [-0.1, -0.05) is 10.2 Å². The highest BCUT2D eigenvalue weighted by Crippen LogP contribution is 1.97. The predicted molar refractivity (Wildman–Crippen MR) is 58.2 cm³/mol. The lowest BCUT2D eigenvalue weighted by Crippen LogP contribution is -2.31. The van der Waals surface area contributed by atoms with Crippen LogP contribution in [0.15, 0.2) is 10.2 Å². The van der Waals surface area contributed by atoms with Crippen LogP contribution in [-0.2, 0) is 9.47 Å². The van der Waals surface area contributed by atoms with Crippen molar-refractivity contribution in [2.45, 2.75) is 6.92 Å². The molecule has 4 amide bonds. The molecule has 0 aromatic rings. The first kappa shape index (κ1) is 13.9. The van der Waals surface area contributed by atoms with Gasteiger partial charge in [0.2, 0.25) is 0 Å². The molecule has 0 atom stereocenters. The molecule has 1 fully saturated rings. The van der Waals surface area contributed by atoms with Gasteiger partial charge in [-0.3, -0.25) is 0 Å². The molecule has 0 unspecified atom stereocenters. The number of hydrogen-bond acceptors (Lipinski definition) is 5. The first-order valence-electron chi connectivity index (χ1n) is 5.41. The van der Waals surface area contributed by atoms with E-state index < -0.39 is 12.2 Å². The van der Waals surface area contributed by atoms with Crippen LogP contribution in [-0.4, -0.2) is 56.0 Å². The zero-order valence-electron chi connectivity index (χ0n) is 9.92. The molecule has 0 bridgehead atoms. The topological polar surface area (TPSA) is 110 Å². The highest BCUT2D eigenvalue weighted by Gasteiger charge is 2.19. The zero-order valence-corrected chi connectivity index (χ0v) is 9.92. The van der Waals surface area contributed by atoms with E-state index in [1.165, 1.54) is 4.90 Å². The van der Waals surface area contributed by atoms with Gasteiger partial charge in [0.15, 0.2) is 0 Å². The molecule has 0 spiro atoms. The number of nitrogens with zero attached hydrogens (tertiary/aromatic N) is 3. The minimum absolute atomic E-state index is 0.00585. The fraction of sp³-hybridized carbons (Fsp3) is 0.667. The summed E-state index contributed by atoms with van der Waals surface area (Å²) in [6.45, 7) is 3.17. The van der Waals surface area contributed by atoms with Crippen molar-refractivity contribution in [1.29, 1.82) is 0 Å². The Hall–Kier alpha value is -2.19. The van der Waals surface area contributed by atoms with Crippen LogP contribution in [0.2, 0.25) is 0 Å². The number of urea groups is 1. The van der Waals surface area contributed by atoms with E-state index in [9.17, 15) is 14.4 Å². The molecule has 9 nitrogen and oxygen atoms in total. The first-order valence-corrected chi connectivity index (χ1v) is 5.41. The van der Waals surface area contributed by atoms with Gasteiger partial charge < -0.3 is 19.7 Å². The quantitative estimate of drug-likeness (QED) is 0.748. The van der Waals surface area contributed by atoms with Crippen LogP contribution >= 0.6 is 0 Å². The number of carbonyl (C=O) groups is 3. The molecule has 1 saturated heterocycles. The summed E-state index contributed by atoms with van der Waals surface area (Å²) in [6, 6.07) is -0.195. The van der Waals surface area contributed by atoms with Crippen LogP contribution in [0.3, 0.4) is 0 Å². The zero-order chi connectivity index (χ0) is 13.4. The van der Waals surface area contributed by atoms with Crippen LogP contribution in [0.5, 0.6) is 0 Å². The summed E-state index contributed by atoms with van der Waals surface area (Å²) < 4.78 is 9.08. The average molecular weight is 258 g/mol. The van der Waals surface area contributed by atoms with Crippen molar-refractivity contribution >= 4 is 18.2 Å². The van der Waals surface area contributed by atoms with Crippen molar-refractivity contribution in [3.05, 3.63) is 0 Å². The van der Waals surface area contributed by atoms with Crippen LogP contribution in [0.4, 0.5) is 14.4 Å². The maximum atomic E-state index is 11.1. The molecular formula is C9H14N4O5. The number of nitrogens with one attached hydrogen (secondary N) is 1. The summed E-state index contributed by atoms with van der Waals surface area (Å²) in [4.78, 5) is 34.3. The fourth-order valence-corrected chi connectivity index (χ4v) is 1.23. The Morgan fingerprint density at radius 1 is 1.33 bits per heavy atom. The van der Waals surface area contributed by atoms with Gasteiger partial charge in [0.05, 0.1) is 13.2 Å². The maximum absolute atomic E-state index is 11.1. The number of hydrogen-bond donors (Lipinski definition) is 1. The van der Waals surface area contributed by atoms with Crippen LogP contribution in [0, 0.1) is 0 Å². The summed E-state index contributed by atoms with van der Waals surface area (Å²) in [7, 11) is 0. The molecule has 1 aliphatic rings. The average Bonchev–Trinajstić information content (AvgIpc) is 2.73. The third-order valence-corrected chi connectivity index (χ3v) is 2.01. The normalized spacial score (nSPS) is 14.7. The Kier molecular flexibility index (Phi) is 5.55. The molecule has 0 aliphatic carbocycles. The summed E-state index contributed by atoms with van der Waals surface area (Å²) >= 11 is 0. The summed E-state index contributed by atoms with van der Waals surface area (Å²) in [6.07, 6.45) is -1.95. The number of rotatable bonds is 4. The molecule has 0 saturated carbocycles. The van der Waals surface area contributed by atoms with E-state index in [1.54, 1.807) is 6.92 Å². The largest absolute Gasteiger partial charge is 0.452 e. The van der Waals surface area contributed by atoms with Crippen LogP contribution in [0.25, 0.3) is 0 Å². The highest BCUT2D eigenvalue weighted by molar-refractivity contribution is 5.76. The lowest BCUT2D eigenvalue weighted by molar-refractivity contribution is 0.139. The lowest BCUT2D eigenvalue weighted by Gasteiger charge is -2.12. The van der Waals surface area contributed by atoms with Gasteiger partial charge >= 0.3 is 18.2 Å². The molecule has 9 heteroatoms. The van der Waals surface area contributed by atoms with Gasteiger partial charge in [-0.15, -0.1) is 0 Å². The number of carbonyl (C=O) groups excluding carboxylic acids is 3. The molecule has 18 heavy (non-hydrogen) atoms. The number of ether oxygens (including phenoxy) is 2. The Labute approximate surface area is 103 Å². The SMILES string of the molecule is CCOC(=O)/N=N\C(=O)OCCN1CCNC1=O. The third-order valence-electron chi connectivity index (χ3n) is 2.01.